The van der Waals surface area contributed by atoms with Gasteiger partial charge in [0.05, 0.1) is 0 Å². The van der Waals surface area contributed by atoms with Gasteiger partial charge >= 0.3 is 0 Å². The van der Waals surface area contributed by atoms with Crippen molar-refractivity contribution in [1.29, 1.82) is 0 Å². The fraction of sp³-hybridized carbons (Fsp3) is 1.00. The largest absolute Gasteiger partial charge is 0.317 e. The zero-order valence-electron chi connectivity index (χ0n) is 9.42. The zero-order chi connectivity index (χ0) is 9.76. The second-order valence-corrected chi connectivity index (χ2v) is 5.75. The molecule has 0 amide bonds. The first-order valence-electron chi connectivity index (χ1n) is 6.19. The van der Waals surface area contributed by atoms with Gasteiger partial charge in [0.15, 0.2) is 0 Å². The summed E-state index contributed by atoms with van der Waals surface area (Å²) >= 11 is 0. The van der Waals surface area contributed by atoms with Crippen LogP contribution in [0.5, 0.6) is 0 Å². The summed E-state index contributed by atoms with van der Waals surface area (Å²) in [4.78, 5) is 2.88. The molecule has 1 N–H and O–H groups in total. The number of fused-ring (bicyclic) bond motifs is 2. The summed E-state index contributed by atoms with van der Waals surface area (Å²) in [6.07, 6.45) is 8.59. The molecule has 2 saturated heterocycles. The Morgan fingerprint density at radius 1 is 1.14 bits per heavy atom. The van der Waals surface area contributed by atoms with Gasteiger partial charge in [0, 0.05) is 23.7 Å². The van der Waals surface area contributed by atoms with Crippen molar-refractivity contribution in [1.82, 2.24) is 10.2 Å². The SMILES string of the molecule is CNC1CC2CCC(C1)N2C1(C)CC1. The number of hydrogen-bond donors (Lipinski definition) is 1. The Morgan fingerprint density at radius 2 is 1.71 bits per heavy atom. The minimum Gasteiger partial charge on any atom is -0.317 e. The Morgan fingerprint density at radius 3 is 2.14 bits per heavy atom. The molecular formula is C12H22N2. The van der Waals surface area contributed by atoms with Crippen LogP contribution in [0.3, 0.4) is 0 Å². The van der Waals surface area contributed by atoms with Crippen LogP contribution in [0.15, 0.2) is 0 Å². The van der Waals surface area contributed by atoms with Crippen molar-refractivity contribution in [2.24, 2.45) is 0 Å². The fourth-order valence-electron chi connectivity index (χ4n) is 3.73. The van der Waals surface area contributed by atoms with E-state index in [0.29, 0.717) is 5.54 Å². The molecule has 0 radical (unpaired) electrons. The topological polar surface area (TPSA) is 15.3 Å². The van der Waals surface area contributed by atoms with E-state index in [-0.39, 0.29) is 0 Å². The molecule has 0 aromatic carbocycles. The Balaban J connectivity index is 1.77. The van der Waals surface area contributed by atoms with Gasteiger partial charge in [-0.15, -0.1) is 0 Å². The maximum Gasteiger partial charge on any atom is 0.0188 e. The van der Waals surface area contributed by atoms with Crippen LogP contribution in [0.4, 0.5) is 0 Å². The van der Waals surface area contributed by atoms with E-state index in [4.69, 9.17) is 0 Å². The lowest BCUT2D eigenvalue weighted by molar-refractivity contribution is 0.0665. The van der Waals surface area contributed by atoms with Crippen LogP contribution in [0, 0.1) is 0 Å². The summed E-state index contributed by atoms with van der Waals surface area (Å²) in [5.74, 6) is 0. The lowest BCUT2D eigenvalue weighted by Crippen LogP contribution is -2.52. The molecule has 14 heavy (non-hydrogen) atoms. The molecule has 1 saturated carbocycles. The summed E-state index contributed by atoms with van der Waals surface area (Å²) < 4.78 is 0. The highest BCUT2D eigenvalue weighted by Crippen LogP contribution is 2.50. The second-order valence-electron chi connectivity index (χ2n) is 5.75. The highest BCUT2D eigenvalue weighted by atomic mass is 15.3. The minimum absolute atomic E-state index is 0.616. The summed E-state index contributed by atoms with van der Waals surface area (Å²) in [6, 6.07) is 2.60. The number of hydrogen-bond acceptors (Lipinski definition) is 2. The van der Waals surface area contributed by atoms with E-state index < -0.39 is 0 Å². The van der Waals surface area contributed by atoms with Gasteiger partial charge in [-0.25, -0.2) is 0 Å². The maximum absolute atomic E-state index is 3.47. The first-order chi connectivity index (χ1) is 6.73. The summed E-state index contributed by atoms with van der Waals surface area (Å²) in [5, 5.41) is 3.47. The minimum atomic E-state index is 0.616. The predicted octanol–water partition coefficient (Wildman–Crippen LogP) is 1.75. The van der Waals surface area contributed by atoms with Gasteiger partial charge in [-0.1, -0.05) is 0 Å². The van der Waals surface area contributed by atoms with E-state index in [1.54, 1.807) is 0 Å². The van der Waals surface area contributed by atoms with Crippen LogP contribution in [0.1, 0.15) is 45.4 Å². The van der Waals surface area contributed by atoms with Crippen molar-refractivity contribution in [3.05, 3.63) is 0 Å². The van der Waals surface area contributed by atoms with E-state index in [2.05, 4.69) is 24.2 Å². The molecule has 0 aromatic heterocycles. The lowest BCUT2D eigenvalue weighted by Gasteiger charge is -2.43. The fourth-order valence-corrected chi connectivity index (χ4v) is 3.73. The molecule has 0 spiro atoms. The van der Waals surface area contributed by atoms with Crippen LogP contribution in [-0.2, 0) is 0 Å². The molecule has 0 aromatic rings. The van der Waals surface area contributed by atoms with Crippen LogP contribution in [0.2, 0.25) is 0 Å². The molecule has 1 aliphatic carbocycles. The van der Waals surface area contributed by atoms with E-state index in [9.17, 15) is 0 Å². The molecule has 2 unspecified atom stereocenters. The molecule has 2 heterocycles. The van der Waals surface area contributed by atoms with Crippen molar-refractivity contribution < 1.29 is 0 Å². The maximum atomic E-state index is 3.47. The van der Waals surface area contributed by atoms with Gasteiger partial charge in [-0.05, 0) is 52.5 Å². The van der Waals surface area contributed by atoms with Crippen molar-refractivity contribution in [2.75, 3.05) is 7.05 Å². The molecular weight excluding hydrogens is 172 g/mol. The van der Waals surface area contributed by atoms with E-state index in [0.717, 1.165) is 18.1 Å². The second kappa shape index (κ2) is 2.96. The average Bonchev–Trinajstić information content (AvgIpc) is 2.87. The normalized spacial score (nSPS) is 45.4. The van der Waals surface area contributed by atoms with Gasteiger partial charge in [-0.2, -0.15) is 0 Å². The molecule has 3 aliphatic rings. The molecule has 3 rings (SSSR count). The third kappa shape index (κ3) is 1.24. The van der Waals surface area contributed by atoms with Crippen molar-refractivity contribution in [3.8, 4) is 0 Å². The van der Waals surface area contributed by atoms with Crippen molar-refractivity contribution in [3.63, 3.8) is 0 Å². The summed E-state index contributed by atoms with van der Waals surface area (Å²) in [6.45, 7) is 2.47. The van der Waals surface area contributed by atoms with Crippen LogP contribution in [0.25, 0.3) is 0 Å². The Hall–Kier alpha value is -0.0800. The molecule has 2 aliphatic heterocycles. The quantitative estimate of drug-likeness (QED) is 0.720. The summed E-state index contributed by atoms with van der Waals surface area (Å²) in [5.41, 5.74) is 0.616. The van der Waals surface area contributed by atoms with E-state index in [1.807, 2.05) is 0 Å². The Bertz CT molecular complexity index is 220. The molecule has 2 bridgehead atoms. The third-order valence-electron chi connectivity index (χ3n) is 4.74. The lowest BCUT2D eigenvalue weighted by atomic mass is 9.95. The smallest absolute Gasteiger partial charge is 0.0188 e. The first kappa shape index (κ1) is 9.17. The zero-order valence-corrected chi connectivity index (χ0v) is 9.42. The highest BCUT2D eigenvalue weighted by molar-refractivity contribution is 5.10. The van der Waals surface area contributed by atoms with Gasteiger partial charge < -0.3 is 5.32 Å². The number of nitrogens with one attached hydrogen (secondary N) is 1. The van der Waals surface area contributed by atoms with Crippen LogP contribution >= 0.6 is 0 Å². The predicted molar refractivity (Wildman–Crippen MR) is 58.4 cm³/mol. The summed E-state index contributed by atoms with van der Waals surface area (Å²) in [7, 11) is 2.12. The van der Waals surface area contributed by atoms with Gasteiger partial charge in [0.25, 0.3) is 0 Å². The van der Waals surface area contributed by atoms with Crippen molar-refractivity contribution >= 4 is 0 Å². The molecule has 2 atom stereocenters. The molecule has 2 nitrogen and oxygen atoms in total. The molecule has 80 valence electrons. The van der Waals surface area contributed by atoms with Crippen LogP contribution in [-0.4, -0.2) is 35.6 Å². The Kier molecular flexibility index (Phi) is 1.94. The first-order valence-corrected chi connectivity index (χ1v) is 6.19. The standard InChI is InChI=1S/C12H22N2/c1-12(5-6-12)14-10-3-4-11(14)8-9(7-10)13-2/h9-11,13H,3-8H2,1-2H3. The van der Waals surface area contributed by atoms with Crippen molar-refractivity contribution in [2.45, 2.75) is 69.1 Å². The highest BCUT2D eigenvalue weighted by Gasteiger charge is 2.53. The van der Waals surface area contributed by atoms with Gasteiger partial charge in [-0.3, -0.25) is 4.90 Å². The Labute approximate surface area is 87.0 Å². The third-order valence-corrected chi connectivity index (χ3v) is 4.74. The average molecular weight is 194 g/mol. The van der Waals surface area contributed by atoms with E-state index >= 15 is 0 Å². The van der Waals surface area contributed by atoms with Gasteiger partial charge in [0.1, 0.15) is 0 Å². The van der Waals surface area contributed by atoms with Gasteiger partial charge in [0.2, 0.25) is 0 Å². The number of piperidine rings is 1. The molecule has 3 fully saturated rings. The van der Waals surface area contributed by atoms with Crippen LogP contribution < -0.4 is 5.32 Å². The van der Waals surface area contributed by atoms with E-state index in [1.165, 1.54) is 38.5 Å². The molecule has 2 heteroatoms. The number of nitrogens with zero attached hydrogens (tertiary/aromatic N) is 1. The number of rotatable bonds is 2. The monoisotopic (exact) mass is 194 g/mol.